The normalized spacial score (nSPS) is 9.88. The predicted octanol–water partition coefficient (Wildman–Crippen LogP) is 1.87. The third-order valence-electron chi connectivity index (χ3n) is 2.57. The van der Waals surface area contributed by atoms with Crippen molar-refractivity contribution in [3.05, 3.63) is 52.1 Å². The van der Waals surface area contributed by atoms with Crippen LogP contribution in [0.25, 0.3) is 11.3 Å². The molecule has 0 fully saturated rings. The van der Waals surface area contributed by atoms with E-state index in [1.54, 1.807) is 18.2 Å². The van der Waals surface area contributed by atoms with Gasteiger partial charge < -0.3 is 4.98 Å². The Hall–Kier alpha value is -2.41. The van der Waals surface area contributed by atoms with Gasteiger partial charge in [0, 0.05) is 11.1 Å². The highest BCUT2D eigenvalue weighted by Gasteiger charge is 2.09. The largest absolute Gasteiger partial charge is 0.313 e. The maximum Gasteiger partial charge on any atom is 0.254 e. The average Bonchev–Trinajstić information content (AvgIpc) is 2.38. The summed E-state index contributed by atoms with van der Waals surface area (Å²) < 4.78 is 0. The van der Waals surface area contributed by atoms with E-state index < -0.39 is 0 Å². The van der Waals surface area contributed by atoms with Crippen LogP contribution in [0, 0.1) is 11.3 Å². The quantitative estimate of drug-likeness (QED) is 0.848. The fraction of sp³-hybridized carbons (Fsp3) is 0.154. The predicted molar refractivity (Wildman–Crippen MR) is 64.4 cm³/mol. The molecule has 4 nitrogen and oxygen atoms in total. The summed E-state index contributed by atoms with van der Waals surface area (Å²) in [5.41, 5.74) is 2.52. The highest BCUT2D eigenvalue weighted by molar-refractivity contribution is 5.64. The van der Waals surface area contributed by atoms with Gasteiger partial charge in [-0.2, -0.15) is 5.26 Å². The minimum atomic E-state index is -0.125. The molecule has 0 bridgehead atoms. The molecule has 1 aromatic carbocycles. The van der Waals surface area contributed by atoms with Crippen molar-refractivity contribution in [1.29, 1.82) is 5.26 Å². The Labute approximate surface area is 98.6 Å². The summed E-state index contributed by atoms with van der Waals surface area (Å²) in [6, 6.07) is 9.17. The number of nitriles is 1. The molecular weight excluding hydrogens is 214 g/mol. The van der Waals surface area contributed by atoms with Crippen LogP contribution in [0.2, 0.25) is 0 Å². The molecule has 84 valence electrons. The van der Waals surface area contributed by atoms with E-state index >= 15 is 0 Å². The molecule has 0 amide bonds. The second kappa shape index (κ2) is 4.62. The van der Waals surface area contributed by atoms with Gasteiger partial charge in [0.1, 0.15) is 0 Å². The van der Waals surface area contributed by atoms with Crippen molar-refractivity contribution in [2.45, 2.75) is 13.3 Å². The van der Waals surface area contributed by atoms with Crippen LogP contribution in [-0.2, 0) is 6.42 Å². The zero-order chi connectivity index (χ0) is 12.3. The minimum Gasteiger partial charge on any atom is -0.313 e. The second-order valence-corrected chi connectivity index (χ2v) is 3.60. The molecule has 1 aromatic heterocycles. The second-order valence-electron chi connectivity index (χ2n) is 3.60. The fourth-order valence-electron chi connectivity index (χ4n) is 1.74. The van der Waals surface area contributed by atoms with Crippen LogP contribution < -0.4 is 5.56 Å². The smallest absolute Gasteiger partial charge is 0.254 e. The summed E-state index contributed by atoms with van der Waals surface area (Å²) in [5, 5.41) is 8.85. The van der Waals surface area contributed by atoms with Gasteiger partial charge >= 0.3 is 0 Å². The molecule has 0 aliphatic heterocycles. The van der Waals surface area contributed by atoms with E-state index in [-0.39, 0.29) is 5.56 Å². The zero-order valence-corrected chi connectivity index (χ0v) is 9.40. The van der Waals surface area contributed by atoms with Crippen LogP contribution >= 0.6 is 0 Å². The van der Waals surface area contributed by atoms with Crippen molar-refractivity contribution < 1.29 is 0 Å². The summed E-state index contributed by atoms with van der Waals surface area (Å²) in [6.45, 7) is 1.91. The molecule has 2 aromatic rings. The lowest BCUT2D eigenvalue weighted by Crippen LogP contribution is -2.14. The van der Waals surface area contributed by atoms with E-state index in [9.17, 15) is 4.79 Å². The first-order valence-electron chi connectivity index (χ1n) is 5.33. The zero-order valence-electron chi connectivity index (χ0n) is 9.40. The molecular formula is C13H11N3O. The molecule has 0 spiro atoms. The van der Waals surface area contributed by atoms with Crippen molar-refractivity contribution >= 4 is 0 Å². The molecule has 0 aliphatic rings. The topological polar surface area (TPSA) is 69.5 Å². The number of nitrogens with one attached hydrogen (secondary N) is 1. The number of aromatic nitrogens is 2. The van der Waals surface area contributed by atoms with Crippen LogP contribution in [-0.4, -0.2) is 9.97 Å². The van der Waals surface area contributed by atoms with Crippen LogP contribution in [0.15, 0.2) is 35.4 Å². The molecule has 1 N–H and O–H groups in total. The van der Waals surface area contributed by atoms with Gasteiger partial charge in [0.05, 0.1) is 23.7 Å². The van der Waals surface area contributed by atoms with Crippen LogP contribution in [0.4, 0.5) is 0 Å². The molecule has 0 radical (unpaired) electrons. The molecule has 0 unspecified atom stereocenters. The van der Waals surface area contributed by atoms with E-state index in [1.807, 2.05) is 13.0 Å². The van der Waals surface area contributed by atoms with E-state index in [4.69, 9.17) is 5.26 Å². The Balaban J connectivity index is 2.65. The Morgan fingerprint density at radius 2 is 2.29 bits per heavy atom. The van der Waals surface area contributed by atoms with E-state index in [2.05, 4.69) is 16.0 Å². The molecule has 4 heteroatoms. The highest BCUT2D eigenvalue weighted by Crippen LogP contribution is 2.19. The monoisotopic (exact) mass is 225 g/mol. The summed E-state index contributed by atoms with van der Waals surface area (Å²) in [5.74, 6) is 0. The van der Waals surface area contributed by atoms with Crippen molar-refractivity contribution in [2.75, 3.05) is 0 Å². The lowest BCUT2D eigenvalue weighted by atomic mass is 10.0. The highest BCUT2D eigenvalue weighted by atomic mass is 16.1. The van der Waals surface area contributed by atoms with Crippen LogP contribution in [0.1, 0.15) is 18.1 Å². The van der Waals surface area contributed by atoms with Gasteiger partial charge in [0.25, 0.3) is 5.56 Å². The van der Waals surface area contributed by atoms with Crippen LogP contribution in [0.3, 0.4) is 0 Å². The first-order chi connectivity index (χ1) is 8.26. The first-order valence-corrected chi connectivity index (χ1v) is 5.33. The Morgan fingerprint density at radius 3 is 3.00 bits per heavy atom. The summed E-state index contributed by atoms with van der Waals surface area (Å²) in [7, 11) is 0. The molecule has 17 heavy (non-hydrogen) atoms. The molecule has 2 rings (SSSR count). The summed E-state index contributed by atoms with van der Waals surface area (Å²) >= 11 is 0. The van der Waals surface area contributed by atoms with Crippen molar-refractivity contribution in [3.8, 4) is 17.3 Å². The van der Waals surface area contributed by atoms with Gasteiger partial charge in [-0.3, -0.25) is 4.79 Å². The number of H-pyrrole nitrogens is 1. The van der Waals surface area contributed by atoms with E-state index in [1.165, 1.54) is 6.33 Å². The summed E-state index contributed by atoms with van der Waals surface area (Å²) in [6.07, 6.45) is 1.99. The molecule has 0 aliphatic carbocycles. The van der Waals surface area contributed by atoms with Gasteiger partial charge in [0.15, 0.2) is 0 Å². The van der Waals surface area contributed by atoms with Gasteiger partial charge in [0.2, 0.25) is 0 Å². The standard InChI is InChI=1S/C13H11N3O/c1-2-11-12(15-8-16-13(11)17)10-5-3-4-9(6-10)7-14/h3-6,8H,2H2,1H3,(H,15,16,17). The molecule has 1 heterocycles. The van der Waals surface area contributed by atoms with E-state index in [0.29, 0.717) is 23.2 Å². The number of rotatable bonds is 2. The van der Waals surface area contributed by atoms with Gasteiger partial charge in [-0.25, -0.2) is 4.98 Å². The van der Waals surface area contributed by atoms with Crippen LogP contribution in [0.5, 0.6) is 0 Å². The van der Waals surface area contributed by atoms with Crippen molar-refractivity contribution in [3.63, 3.8) is 0 Å². The average molecular weight is 225 g/mol. The van der Waals surface area contributed by atoms with Crippen molar-refractivity contribution in [2.24, 2.45) is 0 Å². The number of hydrogen-bond donors (Lipinski definition) is 1. The third-order valence-corrected chi connectivity index (χ3v) is 2.57. The maximum absolute atomic E-state index is 11.6. The summed E-state index contributed by atoms with van der Waals surface area (Å²) in [4.78, 5) is 18.4. The first kappa shape index (κ1) is 11.1. The molecule has 0 saturated heterocycles. The fourth-order valence-corrected chi connectivity index (χ4v) is 1.74. The number of benzene rings is 1. The Kier molecular flexibility index (Phi) is 3.01. The van der Waals surface area contributed by atoms with Gasteiger partial charge in [-0.15, -0.1) is 0 Å². The van der Waals surface area contributed by atoms with E-state index in [0.717, 1.165) is 5.56 Å². The minimum absolute atomic E-state index is 0.125. The number of hydrogen-bond acceptors (Lipinski definition) is 3. The Bertz CT molecular complexity index is 638. The Morgan fingerprint density at radius 1 is 1.47 bits per heavy atom. The van der Waals surface area contributed by atoms with Gasteiger partial charge in [-0.05, 0) is 18.6 Å². The third kappa shape index (κ3) is 2.08. The lowest BCUT2D eigenvalue weighted by molar-refractivity contribution is 1.01. The molecule has 0 saturated carbocycles. The molecule has 0 atom stereocenters. The maximum atomic E-state index is 11.6. The van der Waals surface area contributed by atoms with Crippen molar-refractivity contribution in [1.82, 2.24) is 9.97 Å². The number of aromatic amines is 1. The number of nitrogens with zero attached hydrogens (tertiary/aromatic N) is 2. The lowest BCUT2D eigenvalue weighted by Gasteiger charge is -2.05. The van der Waals surface area contributed by atoms with Gasteiger partial charge in [-0.1, -0.05) is 19.1 Å². The SMILES string of the molecule is CCc1c(-c2cccc(C#N)c2)nc[nH]c1=O.